The summed E-state index contributed by atoms with van der Waals surface area (Å²) >= 11 is 0. The highest BCUT2D eigenvalue weighted by molar-refractivity contribution is 5.77. The van der Waals surface area contributed by atoms with Crippen LogP contribution in [-0.2, 0) is 0 Å². The molecule has 0 spiro atoms. The molecule has 0 aliphatic carbocycles. The van der Waals surface area contributed by atoms with Gasteiger partial charge >= 0.3 is 0 Å². The molecule has 0 aliphatic rings. The Morgan fingerprint density at radius 1 is 0.273 bits per heavy atom. The van der Waals surface area contributed by atoms with Crippen LogP contribution in [0.2, 0.25) is 0 Å². The minimum Gasteiger partial charge on any atom is -0.492 e. The summed E-state index contributed by atoms with van der Waals surface area (Å²) in [5.74, 6) is 2.47. The molecule has 10 nitrogen and oxygen atoms in total. The van der Waals surface area contributed by atoms with Crippen LogP contribution in [0.1, 0.15) is 346 Å². The maximum atomic E-state index is 6.04. The average Bonchev–Trinajstić information content (AvgIpc) is 3.67. The van der Waals surface area contributed by atoms with Crippen molar-refractivity contribution in [2.24, 2.45) is 15.0 Å². The van der Waals surface area contributed by atoms with Gasteiger partial charge in [-0.05, 0) is 55.7 Å². The number of pyridine rings is 3. The van der Waals surface area contributed by atoms with Crippen LogP contribution in [0.15, 0.2) is 70.0 Å². The molecule has 3 aromatic rings. The van der Waals surface area contributed by atoms with E-state index in [9.17, 15) is 0 Å². The minimum absolute atomic E-state index is 0.650. The third kappa shape index (κ3) is 49.6. The molecule has 0 saturated heterocycles. The summed E-state index contributed by atoms with van der Waals surface area (Å²) in [6.07, 6.45) is 76.9. The zero-order chi connectivity index (χ0) is 62.2. The Bertz CT molecular complexity index is 1770. The van der Waals surface area contributed by atoms with Crippen LogP contribution >= 0.6 is 0 Å². The SMILES string of the molecule is CCCCCCCCCCCCCCCCCCOc1ccc(C=NCCN(CCN=Cc2ccc(OCCCCCCCCCCCCCCCCCC)cn2)CCN=Cc2ccc(OCCCCCCCCCCCCCCCCCC)cn2)nc1. The van der Waals surface area contributed by atoms with E-state index >= 15 is 0 Å². The zero-order valence-electron chi connectivity index (χ0n) is 57.6. The highest BCUT2D eigenvalue weighted by Gasteiger charge is 2.06. The highest BCUT2D eigenvalue weighted by Crippen LogP contribution is 2.19. The molecule has 0 aliphatic heterocycles. The summed E-state index contributed by atoms with van der Waals surface area (Å²) in [4.78, 5) is 30.6. The molecule has 3 rings (SSSR count). The number of hydrogen-bond donors (Lipinski definition) is 0. The summed E-state index contributed by atoms with van der Waals surface area (Å²) < 4.78 is 18.1. The lowest BCUT2D eigenvalue weighted by atomic mass is 10.0. The molecule has 0 saturated carbocycles. The van der Waals surface area contributed by atoms with E-state index < -0.39 is 0 Å². The molecule has 0 N–H and O–H groups in total. The Morgan fingerprint density at radius 2 is 0.466 bits per heavy atom. The number of ether oxygens (including phenoxy) is 3. The number of hydrogen-bond acceptors (Lipinski definition) is 10. The predicted molar refractivity (Wildman–Crippen MR) is 382 cm³/mol. The number of unbranched alkanes of at least 4 members (excludes halogenated alkanes) is 45. The third-order valence-electron chi connectivity index (χ3n) is 17.4. The Balaban J connectivity index is 1.32. The molecule has 0 radical (unpaired) electrons. The number of aliphatic imine (C=N–C) groups is 3. The van der Waals surface area contributed by atoms with Gasteiger partial charge in [-0.1, -0.05) is 310 Å². The van der Waals surface area contributed by atoms with Gasteiger partial charge in [-0.3, -0.25) is 34.8 Å². The molecular weight excluding hydrogens is 1080 g/mol. The van der Waals surface area contributed by atoms with Crippen molar-refractivity contribution in [3.63, 3.8) is 0 Å². The first-order chi connectivity index (χ1) is 43.7. The summed E-state index contributed by atoms with van der Waals surface area (Å²) in [5, 5.41) is 0. The van der Waals surface area contributed by atoms with Crippen LogP contribution in [0, 0.1) is 0 Å². The van der Waals surface area contributed by atoms with E-state index in [2.05, 4.69) is 40.6 Å². The fourth-order valence-corrected chi connectivity index (χ4v) is 11.6. The Morgan fingerprint density at radius 3 is 0.648 bits per heavy atom. The van der Waals surface area contributed by atoms with Crippen molar-refractivity contribution in [3.05, 3.63) is 72.1 Å². The first kappa shape index (κ1) is 78.1. The van der Waals surface area contributed by atoms with E-state index in [0.29, 0.717) is 19.6 Å². The fraction of sp³-hybridized carbons (Fsp3) is 0.769. The van der Waals surface area contributed by atoms with Gasteiger partial charge in [0.25, 0.3) is 0 Å². The first-order valence-corrected chi connectivity index (χ1v) is 37.7. The zero-order valence-corrected chi connectivity index (χ0v) is 57.6. The molecule has 88 heavy (non-hydrogen) atoms. The van der Waals surface area contributed by atoms with Gasteiger partial charge in [0.05, 0.1) is 75.1 Å². The number of aromatic nitrogens is 3. The molecule has 0 unspecified atom stereocenters. The second kappa shape index (κ2) is 61.7. The minimum atomic E-state index is 0.650. The van der Waals surface area contributed by atoms with Crippen molar-refractivity contribution in [3.8, 4) is 17.2 Å². The second-order valence-corrected chi connectivity index (χ2v) is 25.7. The summed E-state index contributed by atoms with van der Waals surface area (Å²) in [6.45, 7) is 13.4. The predicted octanol–water partition coefficient (Wildman–Crippen LogP) is 22.8. The highest BCUT2D eigenvalue weighted by atomic mass is 16.5. The van der Waals surface area contributed by atoms with Gasteiger partial charge < -0.3 is 14.2 Å². The molecule has 3 heterocycles. The van der Waals surface area contributed by atoms with E-state index in [-0.39, 0.29) is 0 Å². The van der Waals surface area contributed by atoms with Crippen molar-refractivity contribution < 1.29 is 14.2 Å². The van der Waals surface area contributed by atoms with Crippen LogP contribution < -0.4 is 14.2 Å². The third-order valence-corrected chi connectivity index (χ3v) is 17.4. The van der Waals surface area contributed by atoms with Gasteiger partial charge in [0.2, 0.25) is 0 Å². The lowest BCUT2D eigenvalue weighted by Crippen LogP contribution is -2.31. The molecule has 3 aromatic heterocycles. The van der Waals surface area contributed by atoms with E-state index in [1.807, 2.05) is 73.6 Å². The van der Waals surface area contributed by atoms with Crippen LogP contribution in [0.4, 0.5) is 0 Å². The molecule has 0 fully saturated rings. The van der Waals surface area contributed by atoms with Crippen LogP contribution in [0.5, 0.6) is 17.2 Å². The molecule has 0 amide bonds. The number of nitrogens with zero attached hydrogens (tertiary/aromatic N) is 7. The van der Waals surface area contributed by atoms with Crippen molar-refractivity contribution in [1.29, 1.82) is 0 Å². The summed E-state index contributed by atoms with van der Waals surface area (Å²) in [6, 6.07) is 12.0. The standard InChI is InChI=1S/C78H135N7O3/c1-4-7-10-13-16-19-22-25-28-31-34-37-40-43-46-49-64-86-76-55-52-73(82-70-76)67-79-58-61-85(62-59-80-68-74-53-56-77(71-83-74)87-65-50-47-44-41-38-35-32-29-26-23-20-17-14-11-8-5-2)63-60-81-69-75-54-57-78(72-84-75)88-66-51-48-45-42-39-36-33-30-27-24-21-18-15-12-9-6-3/h52-57,67-72H,4-51,58-66H2,1-3H3. The summed E-state index contributed by atoms with van der Waals surface area (Å²) in [5.41, 5.74) is 2.51. The Hall–Kier alpha value is -4.18. The van der Waals surface area contributed by atoms with Gasteiger partial charge in [0, 0.05) is 38.3 Å². The molecule has 0 bridgehead atoms. The molecule has 500 valence electrons. The largest absolute Gasteiger partial charge is 0.492 e. The van der Waals surface area contributed by atoms with Crippen molar-refractivity contribution in [1.82, 2.24) is 19.9 Å². The Kier molecular flexibility index (Phi) is 54.7. The van der Waals surface area contributed by atoms with Gasteiger partial charge in [0.1, 0.15) is 17.2 Å². The molecule has 0 atom stereocenters. The molecular formula is C78H135N7O3. The van der Waals surface area contributed by atoms with Gasteiger partial charge in [-0.15, -0.1) is 0 Å². The molecule has 10 heteroatoms. The van der Waals surface area contributed by atoms with Crippen LogP contribution in [-0.4, -0.2) is 97.6 Å². The lowest BCUT2D eigenvalue weighted by Gasteiger charge is -2.19. The van der Waals surface area contributed by atoms with E-state index in [1.54, 1.807) is 0 Å². The normalized spacial score (nSPS) is 11.9. The second-order valence-electron chi connectivity index (χ2n) is 25.7. The van der Waals surface area contributed by atoms with Gasteiger partial charge in [0.15, 0.2) is 0 Å². The monoisotopic (exact) mass is 1220 g/mol. The fourth-order valence-electron chi connectivity index (χ4n) is 11.6. The average molecular weight is 1220 g/mol. The smallest absolute Gasteiger partial charge is 0.137 e. The topological polar surface area (TPSA) is 107 Å². The van der Waals surface area contributed by atoms with Crippen molar-refractivity contribution in [2.45, 2.75) is 329 Å². The molecule has 0 aromatic carbocycles. The van der Waals surface area contributed by atoms with E-state index in [0.717, 1.165) is 93.0 Å². The van der Waals surface area contributed by atoms with Crippen molar-refractivity contribution >= 4 is 18.6 Å². The van der Waals surface area contributed by atoms with E-state index in [4.69, 9.17) is 29.2 Å². The first-order valence-electron chi connectivity index (χ1n) is 37.7. The van der Waals surface area contributed by atoms with E-state index in [1.165, 1.54) is 289 Å². The van der Waals surface area contributed by atoms with Crippen LogP contribution in [0.25, 0.3) is 0 Å². The maximum absolute atomic E-state index is 6.04. The summed E-state index contributed by atoms with van der Waals surface area (Å²) in [7, 11) is 0. The quantitative estimate of drug-likeness (QED) is 0.0409. The maximum Gasteiger partial charge on any atom is 0.137 e. The number of rotatable bonds is 66. The van der Waals surface area contributed by atoms with Gasteiger partial charge in [-0.2, -0.15) is 0 Å². The van der Waals surface area contributed by atoms with Gasteiger partial charge in [-0.25, -0.2) is 0 Å². The lowest BCUT2D eigenvalue weighted by molar-refractivity contribution is 0.298. The Labute approximate surface area is 542 Å². The van der Waals surface area contributed by atoms with Crippen molar-refractivity contribution in [2.75, 3.05) is 59.1 Å². The van der Waals surface area contributed by atoms with Crippen LogP contribution in [0.3, 0.4) is 0 Å².